The van der Waals surface area contributed by atoms with Crippen LogP contribution in [0, 0.1) is 0 Å². The molecule has 2 aromatic rings. The van der Waals surface area contributed by atoms with Gasteiger partial charge in [0.1, 0.15) is 0 Å². The van der Waals surface area contributed by atoms with E-state index < -0.39 is 0 Å². The van der Waals surface area contributed by atoms with E-state index in [4.69, 9.17) is 0 Å². The molecule has 0 N–H and O–H groups in total. The van der Waals surface area contributed by atoms with Crippen molar-refractivity contribution in [2.24, 2.45) is 0 Å². The van der Waals surface area contributed by atoms with Gasteiger partial charge in [0.2, 0.25) is 11.4 Å². The van der Waals surface area contributed by atoms with Crippen molar-refractivity contribution in [3.63, 3.8) is 0 Å². The Labute approximate surface area is 418 Å². The van der Waals surface area contributed by atoms with Crippen LogP contribution in [0.1, 0.15) is 299 Å². The number of benzene rings is 2. The molecule has 2 nitrogen and oxygen atoms in total. The zero-order chi connectivity index (χ0) is 48.0. The molecule has 2 aromatic carbocycles. The monoisotopic (exact) mass is 951 g/mol. The molecule has 0 spiro atoms. The predicted octanol–water partition coefficient (Wildman–Crippen LogP) is 21.5. The minimum absolute atomic E-state index is 0.955. The first-order valence-corrected chi connectivity index (χ1v) is 30.5. The maximum absolute atomic E-state index is 12.0. The van der Waals surface area contributed by atoms with E-state index in [-0.39, 0.29) is 0 Å². The normalized spacial score (nSPS) is 12.7. The van der Waals surface area contributed by atoms with Crippen LogP contribution >= 0.6 is 0 Å². The van der Waals surface area contributed by atoms with Crippen LogP contribution in [0.5, 0.6) is 0 Å². The van der Waals surface area contributed by atoms with Crippen molar-refractivity contribution in [2.75, 3.05) is 0 Å². The quantitative estimate of drug-likeness (QED) is 0.0361. The van der Waals surface area contributed by atoms with Crippen molar-refractivity contribution in [2.45, 2.75) is 304 Å². The Morgan fingerprint density at radius 3 is 1.02 bits per heavy atom. The summed E-state index contributed by atoms with van der Waals surface area (Å²) < 4.78 is 1.56. The summed E-state index contributed by atoms with van der Waals surface area (Å²) in [6, 6.07) is 9.62. The zero-order valence-electron chi connectivity index (χ0n) is 45.5. The van der Waals surface area contributed by atoms with Crippen molar-refractivity contribution in [3.05, 3.63) is 86.0 Å². The molecule has 66 heavy (non-hydrogen) atoms. The third-order valence-electron chi connectivity index (χ3n) is 13.8. The van der Waals surface area contributed by atoms with Crippen LogP contribution in [-0.2, 0) is 53.0 Å². The van der Waals surface area contributed by atoms with E-state index in [1.807, 2.05) is 14.4 Å². The fourth-order valence-corrected chi connectivity index (χ4v) is 11.4. The van der Waals surface area contributed by atoms with Crippen LogP contribution in [-0.4, -0.2) is 4.70 Å². The summed E-state index contributed by atoms with van der Waals surface area (Å²) in [5, 5.41) is 2.86. The number of rotatable bonds is 40. The second kappa shape index (κ2) is 39.8. The molecule has 0 unspecified atom stereocenters. The SMILES string of the molecule is CCCCCC1=C(c2cc(CCC)c(CCC)c(CCC)c2)[N+](=[N-])C(c2cc(CCC)c(CCC)c(CCC)c2)=C1.CCCCCCCCCCC[CH2][Ni][CH2]CCCCCCCCCCC. The molecule has 0 aromatic heterocycles. The Bertz CT molecular complexity index is 1540. The molecular weight excluding hydrogens is 843 g/mol. The van der Waals surface area contributed by atoms with Crippen LogP contribution in [0.2, 0.25) is 10.8 Å². The Balaban J connectivity index is 0.000000515. The van der Waals surface area contributed by atoms with Crippen molar-refractivity contribution in [3.8, 4) is 0 Å². The number of hydrogen-bond acceptors (Lipinski definition) is 0. The second-order valence-corrected chi connectivity index (χ2v) is 21.5. The molecule has 0 amide bonds. The van der Waals surface area contributed by atoms with E-state index in [1.165, 1.54) is 204 Å². The maximum atomic E-state index is 12.0. The average molecular weight is 952 g/mol. The minimum atomic E-state index is 0.955. The summed E-state index contributed by atoms with van der Waals surface area (Å²) in [4.78, 5) is 0. The molecule has 3 rings (SSSR count). The predicted molar refractivity (Wildman–Crippen MR) is 293 cm³/mol. The standard InChI is InChI=1S/C39H58N2.2C12H25.Ni/c1-8-15-16-23-33-28-38(34-24-29(17-9-2)36(21-13-6)30(25-34)18-10-3)41(40)39(33)35-26-31(19-11-4)37(22-14-7)32(27-35)20-12-5;2*1-3-5-7-9-11-12-10-8-6-4-2;/h24-28H,8-23H2,1-7H3;2*1,3-12H2,2H3;. The van der Waals surface area contributed by atoms with Gasteiger partial charge in [0.15, 0.2) is 0 Å². The molecule has 1 heterocycles. The molecule has 0 saturated carbocycles. The van der Waals surface area contributed by atoms with Crippen molar-refractivity contribution in [1.29, 1.82) is 0 Å². The summed E-state index contributed by atoms with van der Waals surface area (Å²) in [7, 11) is 0. The van der Waals surface area contributed by atoms with Gasteiger partial charge >= 0.3 is 167 Å². The summed E-state index contributed by atoms with van der Waals surface area (Å²) in [5.74, 6) is 0. The average Bonchev–Trinajstić information content (AvgIpc) is 3.64. The molecule has 0 fully saturated rings. The molecule has 0 bridgehead atoms. The van der Waals surface area contributed by atoms with E-state index in [0.29, 0.717) is 0 Å². The number of aryl methyl sites for hydroxylation is 4. The van der Waals surface area contributed by atoms with Crippen LogP contribution < -0.4 is 0 Å². The van der Waals surface area contributed by atoms with Gasteiger partial charge in [-0.25, -0.2) is 4.70 Å². The van der Waals surface area contributed by atoms with E-state index >= 15 is 0 Å². The third-order valence-corrected chi connectivity index (χ3v) is 15.2. The van der Waals surface area contributed by atoms with E-state index in [0.717, 1.165) is 88.4 Å². The molecule has 3 heteroatoms. The van der Waals surface area contributed by atoms with Gasteiger partial charge in [0, 0.05) is 22.8 Å². The van der Waals surface area contributed by atoms with Crippen LogP contribution in [0.3, 0.4) is 0 Å². The van der Waals surface area contributed by atoms with E-state index in [2.05, 4.69) is 92.7 Å². The van der Waals surface area contributed by atoms with Crippen LogP contribution in [0.25, 0.3) is 16.9 Å². The van der Waals surface area contributed by atoms with Gasteiger partial charge in [0.05, 0.1) is 0 Å². The second-order valence-electron chi connectivity index (χ2n) is 20.1. The van der Waals surface area contributed by atoms with Gasteiger partial charge < -0.3 is 5.53 Å². The number of allylic oxidation sites excluding steroid dienone is 2. The Hall–Kier alpha value is -1.99. The third kappa shape index (κ3) is 23.5. The van der Waals surface area contributed by atoms with Gasteiger partial charge in [-0.1, -0.05) is 99.8 Å². The fraction of sp³-hybridized carbons (Fsp3) is 0.746. The zero-order valence-corrected chi connectivity index (χ0v) is 46.5. The van der Waals surface area contributed by atoms with E-state index in [9.17, 15) is 5.53 Å². The molecule has 0 saturated heterocycles. The molecule has 0 aliphatic carbocycles. The Kier molecular flexibility index (Phi) is 36.3. The number of unbranched alkanes of at least 4 members (excludes halogenated alkanes) is 20. The van der Waals surface area contributed by atoms with Gasteiger partial charge in [-0.15, -0.1) is 0 Å². The fourth-order valence-electron chi connectivity index (χ4n) is 10.2. The van der Waals surface area contributed by atoms with Crippen molar-refractivity contribution >= 4 is 11.4 Å². The van der Waals surface area contributed by atoms with Gasteiger partial charge in [-0.05, 0) is 109 Å². The van der Waals surface area contributed by atoms with Gasteiger partial charge in [0.25, 0.3) is 0 Å². The molecular formula is C63H108N2Ni. The van der Waals surface area contributed by atoms with Crippen molar-refractivity contribution in [1.82, 2.24) is 0 Å². The van der Waals surface area contributed by atoms with E-state index in [1.54, 1.807) is 15.8 Å². The topological polar surface area (TPSA) is 25.3 Å². The molecule has 1 aliphatic heterocycles. The molecule has 0 atom stereocenters. The first-order valence-electron chi connectivity index (χ1n) is 29.1. The number of hydrogen-bond donors (Lipinski definition) is 0. The Morgan fingerprint density at radius 2 is 0.667 bits per heavy atom. The number of nitrogens with zero attached hydrogens (tertiary/aromatic N) is 2. The van der Waals surface area contributed by atoms with Crippen LogP contribution in [0.15, 0.2) is 35.9 Å². The van der Waals surface area contributed by atoms with Crippen LogP contribution in [0.4, 0.5) is 0 Å². The summed E-state index contributed by atoms with van der Waals surface area (Å²) >= 11 is 2.03. The molecule has 1 aliphatic rings. The summed E-state index contributed by atoms with van der Waals surface area (Å²) in [6.45, 7) is 20.6. The first kappa shape index (κ1) is 60.1. The summed E-state index contributed by atoms with van der Waals surface area (Å²) in [5.41, 5.74) is 26.7. The van der Waals surface area contributed by atoms with Gasteiger partial charge in [-0.2, -0.15) is 0 Å². The Morgan fingerprint density at radius 1 is 0.348 bits per heavy atom. The van der Waals surface area contributed by atoms with Gasteiger partial charge in [-0.3, -0.25) is 0 Å². The summed E-state index contributed by atoms with van der Waals surface area (Å²) in [6.07, 6.45) is 49.7. The first-order chi connectivity index (χ1) is 32.4. The van der Waals surface area contributed by atoms with Crippen molar-refractivity contribution < 1.29 is 19.1 Å². The molecule has 0 radical (unpaired) electrons. The molecule has 380 valence electrons.